The lowest BCUT2D eigenvalue weighted by atomic mass is 9.89. The average molecular weight is 479 g/mol. The molecule has 10 nitrogen and oxygen atoms in total. The lowest BCUT2D eigenvalue weighted by Gasteiger charge is -2.39. The average Bonchev–Trinajstić information content (AvgIpc) is 3.62. The first-order chi connectivity index (χ1) is 16.6. The number of nitrogens with zero attached hydrogens (tertiary/aromatic N) is 6. The van der Waals surface area contributed by atoms with E-state index in [0.717, 1.165) is 12.8 Å². The van der Waals surface area contributed by atoms with Gasteiger partial charge in [-0.15, -0.1) is 0 Å². The van der Waals surface area contributed by atoms with Crippen LogP contribution in [0, 0.1) is 17.3 Å². The number of ether oxygens (including phenoxy) is 1. The Hall–Kier alpha value is -3.56. The van der Waals surface area contributed by atoms with Crippen LogP contribution in [0.2, 0.25) is 0 Å². The molecule has 2 aliphatic heterocycles. The summed E-state index contributed by atoms with van der Waals surface area (Å²) in [5.74, 6) is 1.07. The second-order valence-electron chi connectivity index (χ2n) is 10.5. The summed E-state index contributed by atoms with van der Waals surface area (Å²) in [7, 11) is 3.51. The summed E-state index contributed by atoms with van der Waals surface area (Å²) < 4.78 is 6.06. The van der Waals surface area contributed by atoms with Crippen molar-refractivity contribution in [3.05, 3.63) is 36.4 Å². The molecule has 1 unspecified atom stereocenters. The molecule has 5 rings (SSSR count). The topological polar surface area (TPSA) is 109 Å². The Morgan fingerprint density at radius 3 is 2.29 bits per heavy atom. The zero-order chi connectivity index (χ0) is 24.9. The van der Waals surface area contributed by atoms with E-state index in [-0.39, 0.29) is 29.4 Å². The van der Waals surface area contributed by atoms with Crippen LogP contribution in [0.5, 0.6) is 5.75 Å². The summed E-state index contributed by atoms with van der Waals surface area (Å²) in [4.78, 5) is 55.8. The van der Waals surface area contributed by atoms with Gasteiger partial charge in [0, 0.05) is 45.1 Å². The largest absolute Gasteiger partial charge is 0.478 e. The Labute approximate surface area is 204 Å². The van der Waals surface area contributed by atoms with E-state index in [0.29, 0.717) is 42.7 Å². The Morgan fingerprint density at radius 1 is 1.03 bits per heavy atom. The van der Waals surface area contributed by atoms with Crippen molar-refractivity contribution in [1.29, 1.82) is 0 Å². The van der Waals surface area contributed by atoms with Gasteiger partial charge in [0.05, 0.1) is 30.2 Å². The number of ketones is 1. The smallest absolute Gasteiger partial charge is 0.268 e. The normalized spacial score (nSPS) is 21.6. The highest BCUT2D eigenvalue weighted by Crippen LogP contribution is 2.37. The number of amides is 2. The number of hydrogen-bond acceptors (Lipinski definition) is 8. The molecule has 0 aromatic carbocycles. The minimum absolute atomic E-state index is 0.0393. The fourth-order valence-corrected chi connectivity index (χ4v) is 4.54. The molecule has 1 saturated carbocycles. The molecule has 1 aliphatic carbocycles. The summed E-state index contributed by atoms with van der Waals surface area (Å²) in [5, 5.41) is 0. The molecule has 2 saturated heterocycles. The molecule has 2 aromatic heterocycles. The van der Waals surface area contributed by atoms with Gasteiger partial charge in [-0.2, -0.15) is 0 Å². The van der Waals surface area contributed by atoms with Crippen molar-refractivity contribution >= 4 is 29.2 Å². The summed E-state index contributed by atoms with van der Waals surface area (Å²) in [6, 6.07) is 3.37. The van der Waals surface area contributed by atoms with E-state index < -0.39 is 11.5 Å². The van der Waals surface area contributed by atoms with Crippen molar-refractivity contribution in [2.24, 2.45) is 17.3 Å². The van der Waals surface area contributed by atoms with E-state index in [1.54, 1.807) is 48.4 Å². The number of hydrogen-bond donors (Lipinski definition) is 0. The third kappa shape index (κ3) is 4.44. The first-order valence-electron chi connectivity index (χ1n) is 11.9. The van der Waals surface area contributed by atoms with Crippen molar-refractivity contribution in [3.8, 4) is 5.75 Å². The maximum atomic E-state index is 13.3. The second-order valence-corrected chi connectivity index (χ2v) is 10.5. The first-order valence-corrected chi connectivity index (χ1v) is 11.9. The third-order valence-electron chi connectivity index (χ3n) is 6.85. The maximum Gasteiger partial charge on any atom is 0.268 e. The minimum atomic E-state index is -0.706. The lowest BCUT2D eigenvalue weighted by molar-refractivity contribution is -0.133. The summed E-state index contributed by atoms with van der Waals surface area (Å²) >= 11 is 0. The van der Waals surface area contributed by atoms with Crippen LogP contribution in [0.25, 0.3) is 0 Å². The SMILES string of the molecule is CN(C)C(=O)C1CN(c2ncc(N3CC(C)(C)C(Oc4ccc(C(=O)C5CC5)nc4)C3=O)cn2)C1. The van der Waals surface area contributed by atoms with Crippen LogP contribution >= 0.6 is 0 Å². The van der Waals surface area contributed by atoms with Crippen LogP contribution in [0.3, 0.4) is 0 Å². The van der Waals surface area contributed by atoms with Gasteiger partial charge in [-0.05, 0) is 25.0 Å². The Morgan fingerprint density at radius 2 is 1.71 bits per heavy atom. The van der Waals surface area contributed by atoms with E-state index in [1.165, 1.54) is 6.20 Å². The number of aromatic nitrogens is 3. The van der Waals surface area contributed by atoms with E-state index in [1.807, 2.05) is 18.7 Å². The van der Waals surface area contributed by atoms with Gasteiger partial charge in [-0.25, -0.2) is 15.0 Å². The monoisotopic (exact) mass is 478 g/mol. The Kier molecular flexibility index (Phi) is 5.69. The molecule has 184 valence electrons. The zero-order valence-electron chi connectivity index (χ0n) is 20.5. The second kappa shape index (κ2) is 8.58. The number of carbonyl (C=O) groups excluding carboxylic acids is 3. The third-order valence-corrected chi connectivity index (χ3v) is 6.85. The molecular formula is C25H30N6O4. The quantitative estimate of drug-likeness (QED) is 0.555. The molecule has 0 radical (unpaired) electrons. The number of pyridine rings is 1. The van der Waals surface area contributed by atoms with Gasteiger partial charge in [-0.3, -0.25) is 14.4 Å². The van der Waals surface area contributed by atoms with Gasteiger partial charge in [0.2, 0.25) is 11.9 Å². The number of anilines is 2. The van der Waals surface area contributed by atoms with Crippen molar-refractivity contribution < 1.29 is 19.1 Å². The number of Topliss-reactive ketones (excluding diaryl/α,β-unsaturated/α-hetero) is 1. The standard InChI is InChI=1S/C25H30N6O4/c1-25(2)14-31(17-9-27-24(28-10-17)30-12-16(13-30)22(33)29(3)4)23(34)21(25)35-18-7-8-19(26-11-18)20(32)15-5-6-15/h7-11,15-16,21H,5-6,12-14H2,1-4H3. The van der Waals surface area contributed by atoms with Crippen molar-refractivity contribution in [2.75, 3.05) is 43.5 Å². The van der Waals surface area contributed by atoms with Crippen LogP contribution < -0.4 is 14.5 Å². The molecule has 10 heteroatoms. The highest BCUT2D eigenvalue weighted by atomic mass is 16.5. The van der Waals surface area contributed by atoms with Crippen LogP contribution in [0.4, 0.5) is 11.6 Å². The number of carbonyl (C=O) groups is 3. The van der Waals surface area contributed by atoms with E-state index in [4.69, 9.17) is 4.74 Å². The lowest BCUT2D eigenvalue weighted by Crippen LogP contribution is -2.54. The first kappa shape index (κ1) is 23.2. The molecular weight excluding hydrogens is 448 g/mol. The maximum absolute atomic E-state index is 13.3. The van der Waals surface area contributed by atoms with Crippen LogP contribution in [-0.2, 0) is 9.59 Å². The fraction of sp³-hybridized carbons (Fsp3) is 0.520. The van der Waals surface area contributed by atoms with Gasteiger partial charge < -0.3 is 19.4 Å². The molecule has 2 amide bonds. The summed E-state index contributed by atoms with van der Waals surface area (Å²) in [6.07, 6.45) is 5.94. The van der Waals surface area contributed by atoms with Crippen LogP contribution in [0.1, 0.15) is 37.2 Å². The van der Waals surface area contributed by atoms with Crippen molar-refractivity contribution in [1.82, 2.24) is 19.9 Å². The van der Waals surface area contributed by atoms with Gasteiger partial charge in [-0.1, -0.05) is 13.8 Å². The molecule has 1 atom stereocenters. The van der Waals surface area contributed by atoms with Crippen LogP contribution in [-0.4, -0.2) is 77.3 Å². The molecule has 35 heavy (non-hydrogen) atoms. The van der Waals surface area contributed by atoms with Gasteiger partial charge in [0.25, 0.3) is 5.91 Å². The highest BCUT2D eigenvalue weighted by molar-refractivity contribution is 6.00. The van der Waals surface area contributed by atoms with Crippen molar-refractivity contribution in [3.63, 3.8) is 0 Å². The predicted molar refractivity (Wildman–Crippen MR) is 128 cm³/mol. The number of rotatable bonds is 7. The molecule has 2 aromatic rings. The fourth-order valence-electron chi connectivity index (χ4n) is 4.54. The zero-order valence-corrected chi connectivity index (χ0v) is 20.5. The van der Waals surface area contributed by atoms with Gasteiger partial charge >= 0.3 is 0 Å². The minimum Gasteiger partial charge on any atom is -0.478 e. The summed E-state index contributed by atoms with van der Waals surface area (Å²) in [6.45, 7) is 5.58. The van der Waals surface area contributed by atoms with Crippen molar-refractivity contribution in [2.45, 2.75) is 32.8 Å². The van der Waals surface area contributed by atoms with Gasteiger partial charge in [0.1, 0.15) is 11.4 Å². The molecule has 0 bridgehead atoms. The molecule has 4 heterocycles. The summed E-state index contributed by atoms with van der Waals surface area (Å²) in [5.41, 5.74) is 0.577. The molecule has 3 aliphatic rings. The van der Waals surface area contributed by atoms with E-state index in [9.17, 15) is 14.4 Å². The Balaban J connectivity index is 1.23. The molecule has 3 fully saturated rings. The van der Waals surface area contributed by atoms with E-state index in [2.05, 4.69) is 15.0 Å². The van der Waals surface area contributed by atoms with Crippen LogP contribution in [0.15, 0.2) is 30.7 Å². The molecule has 0 spiro atoms. The predicted octanol–water partition coefficient (Wildman–Crippen LogP) is 1.81. The van der Waals surface area contributed by atoms with Gasteiger partial charge in [0.15, 0.2) is 11.9 Å². The highest BCUT2D eigenvalue weighted by Gasteiger charge is 2.49. The van der Waals surface area contributed by atoms with E-state index >= 15 is 0 Å². The molecule has 0 N–H and O–H groups in total. The Bertz CT molecular complexity index is 1140.